The van der Waals surface area contributed by atoms with E-state index in [2.05, 4.69) is 42.8 Å². The first kappa shape index (κ1) is 14.0. The molecule has 2 aliphatic rings. The number of nitrogens with one attached hydrogen (secondary N) is 1. The second kappa shape index (κ2) is 5.41. The van der Waals surface area contributed by atoms with E-state index in [1.165, 1.54) is 10.5 Å². The summed E-state index contributed by atoms with van der Waals surface area (Å²) in [4.78, 5) is 16.0. The van der Waals surface area contributed by atoms with Crippen molar-refractivity contribution in [3.05, 3.63) is 29.8 Å². The van der Waals surface area contributed by atoms with E-state index in [-0.39, 0.29) is 11.7 Å². The first-order valence-corrected chi connectivity index (χ1v) is 8.65. The molecule has 0 bridgehead atoms. The molecule has 0 radical (unpaired) electrons. The fraction of sp³-hybridized carbons (Fsp3) is 0.562. The summed E-state index contributed by atoms with van der Waals surface area (Å²) in [6.45, 7) is 2.83. The maximum atomic E-state index is 12.7. The fourth-order valence-corrected chi connectivity index (χ4v) is 3.91. The van der Waals surface area contributed by atoms with Crippen LogP contribution in [0.1, 0.15) is 44.3 Å². The highest BCUT2D eigenvalue weighted by molar-refractivity contribution is 7.98. The average Bonchev–Trinajstić information content (AvgIpc) is 3.06. The average molecular weight is 290 g/mol. The molecule has 3 nitrogen and oxygen atoms in total. The molecule has 1 atom stereocenters. The molecule has 1 unspecified atom stereocenters. The molecule has 1 aromatic carbocycles. The number of hydrogen-bond donors (Lipinski definition) is 1. The van der Waals surface area contributed by atoms with Crippen LogP contribution in [0.5, 0.6) is 0 Å². The Morgan fingerprint density at radius 3 is 2.50 bits per heavy atom. The molecular formula is C16H22N2OS. The molecule has 4 heteroatoms. The molecule has 3 rings (SSSR count). The lowest BCUT2D eigenvalue weighted by Crippen LogP contribution is -2.43. The predicted molar refractivity (Wildman–Crippen MR) is 82.7 cm³/mol. The van der Waals surface area contributed by atoms with Crippen molar-refractivity contribution in [3.63, 3.8) is 0 Å². The Balaban J connectivity index is 1.89. The van der Waals surface area contributed by atoms with Crippen LogP contribution in [-0.4, -0.2) is 29.1 Å². The van der Waals surface area contributed by atoms with Crippen LogP contribution in [0.25, 0.3) is 0 Å². The Morgan fingerprint density at radius 1 is 1.30 bits per heavy atom. The third-order valence-corrected chi connectivity index (χ3v) is 5.37. The van der Waals surface area contributed by atoms with Crippen molar-refractivity contribution in [2.24, 2.45) is 0 Å². The highest BCUT2D eigenvalue weighted by Crippen LogP contribution is 2.40. The number of benzene rings is 1. The molecule has 1 spiro atoms. The molecule has 1 aromatic rings. The van der Waals surface area contributed by atoms with Crippen molar-refractivity contribution in [1.29, 1.82) is 0 Å². The maximum Gasteiger partial charge on any atom is 0.244 e. The van der Waals surface area contributed by atoms with Gasteiger partial charge in [-0.25, -0.2) is 0 Å². The zero-order valence-electron chi connectivity index (χ0n) is 12.2. The van der Waals surface area contributed by atoms with Crippen molar-refractivity contribution in [3.8, 4) is 0 Å². The van der Waals surface area contributed by atoms with E-state index in [9.17, 15) is 4.79 Å². The Kier molecular flexibility index (Phi) is 3.78. The van der Waals surface area contributed by atoms with E-state index in [4.69, 9.17) is 0 Å². The monoisotopic (exact) mass is 290 g/mol. The van der Waals surface area contributed by atoms with Crippen molar-refractivity contribution in [2.45, 2.75) is 49.2 Å². The topological polar surface area (TPSA) is 32.3 Å². The van der Waals surface area contributed by atoms with Gasteiger partial charge < -0.3 is 4.90 Å². The minimum absolute atomic E-state index is 0.0431. The number of amides is 1. The zero-order chi connectivity index (χ0) is 14.2. The van der Waals surface area contributed by atoms with Crippen molar-refractivity contribution in [2.75, 3.05) is 12.8 Å². The number of nitrogens with zero attached hydrogens (tertiary/aromatic N) is 1. The summed E-state index contributed by atoms with van der Waals surface area (Å²) in [5.41, 5.74) is 0.917. The lowest BCUT2D eigenvalue weighted by molar-refractivity contribution is -0.133. The van der Waals surface area contributed by atoms with E-state index in [0.717, 1.165) is 32.2 Å². The second-order valence-electron chi connectivity index (χ2n) is 5.70. The van der Waals surface area contributed by atoms with Crippen molar-refractivity contribution >= 4 is 17.7 Å². The number of likely N-dealkylation sites (N-methyl/N-ethyl adjacent to an activating group) is 1. The van der Waals surface area contributed by atoms with Crippen LogP contribution < -0.4 is 5.32 Å². The summed E-state index contributed by atoms with van der Waals surface area (Å²) in [5.74, 6) is 0.302. The number of carbonyl (C=O) groups is 1. The van der Waals surface area contributed by atoms with Crippen LogP contribution in [-0.2, 0) is 4.79 Å². The molecule has 1 N–H and O–H groups in total. The van der Waals surface area contributed by atoms with Crippen LogP contribution in [0.15, 0.2) is 29.2 Å². The Bertz CT molecular complexity index is 494. The van der Waals surface area contributed by atoms with Gasteiger partial charge in [-0.2, -0.15) is 0 Å². The number of thioether (sulfide) groups is 1. The third-order valence-electron chi connectivity index (χ3n) is 4.62. The SMILES string of the molecule is CCN1C(=O)C2(CCCC2)NC1c1ccc(SC)cc1. The minimum atomic E-state index is -0.279. The highest BCUT2D eigenvalue weighted by atomic mass is 32.2. The van der Waals surface area contributed by atoms with E-state index in [0.29, 0.717) is 5.91 Å². The third kappa shape index (κ3) is 2.15. The summed E-state index contributed by atoms with van der Waals surface area (Å²) in [7, 11) is 0. The van der Waals surface area contributed by atoms with Gasteiger partial charge >= 0.3 is 0 Å². The Hall–Kier alpha value is -1.00. The van der Waals surface area contributed by atoms with Gasteiger partial charge in [0.15, 0.2) is 0 Å². The Morgan fingerprint density at radius 2 is 1.95 bits per heavy atom. The van der Waals surface area contributed by atoms with Gasteiger partial charge in [0.1, 0.15) is 6.17 Å². The summed E-state index contributed by atoms with van der Waals surface area (Å²) < 4.78 is 0. The van der Waals surface area contributed by atoms with Gasteiger partial charge in [0.2, 0.25) is 5.91 Å². The van der Waals surface area contributed by atoms with Gasteiger partial charge in [-0.3, -0.25) is 10.1 Å². The number of hydrogen-bond acceptors (Lipinski definition) is 3. The fourth-order valence-electron chi connectivity index (χ4n) is 3.51. The molecule has 1 heterocycles. The van der Waals surface area contributed by atoms with E-state index in [1.807, 2.05) is 4.90 Å². The van der Waals surface area contributed by atoms with E-state index in [1.54, 1.807) is 11.8 Å². The van der Waals surface area contributed by atoms with E-state index < -0.39 is 0 Å². The molecule has 1 saturated carbocycles. The molecule has 1 saturated heterocycles. The molecule has 1 aliphatic carbocycles. The molecule has 108 valence electrons. The molecule has 2 fully saturated rings. The summed E-state index contributed by atoms with van der Waals surface area (Å²) in [6, 6.07) is 8.57. The smallest absolute Gasteiger partial charge is 0.244 e. The van der Waals surface area contributed by atoms with Crippen LogP contribution in [0.3, 0.4) is 0 Å². The van der Waals surface area contributed by atoms with Gasteiger partial charge in [-0.15, -0.1) is 11.8 Å². The quantitative estimate of drug-likeness (QED) is 0.868. The standard InChI is InChI=1S/C16H22N2OS/c1-3-18-14(12-6-8-13(20-2)9-7-12)17-16(15(18)19)10-4-5-11-16/h6-9,14,17H,3-5,10-11H2,1-2H3. The lowest BCUT2D eigenvalue weighted by atomic mass is 9.98. The molecular weight excluding hydrogens is 268 g/mol. The summed E-state index contributed by atoms with van der Waals surface area (Å²) >= 11 is 1.74. The number of rotatable bonds is 3. The predicted octanol–water partition coefficient (Wildman–Crippen LogP) is 3.17. The zero-order valence-corrected chi connectivity index (χ0v) is 13.0. The molecule has 1 amide bonds. The maximum absolute atomic E-state index is 12.7. The van der Waals surface area contributed by atoms with Crippen LogP contribution in [0.4, 0.5) is 0 Å². The lowest BCUT2D eigenvalue weighted by Gasteiger charge is -2.23. The Labute approximate surface area is 125 Å². The van der Waals surface area contributed by atoms with Gasteiger partial charge in [0.25, 0.3) is 0 Å². The normalized spacial score (nSPS) is 24.8. The highest BCUT2D eigenvalue weighted by Gasteiger charge is 2.51. The van der Waals surface area contributed by atoms with Gasteiger partial charge in [0.05, 0.1) is 5.54 Å². The first-order chi connectivity index (χ1) is 9.70. The number of carbonyl (C=O) groups excluding carboxylic acids is 1. The molecule has 20 heavy (non-hydrogen) atoms. The van der Waals surface area contributed by atoms with Crippen LogP contribution >= 0.6 is 11.8 Å². The van der Waals surface area contributed by atoms with Crippen LogP contribution in [0.2, 0.25) is 0 Å². The van der Waals surface area contributed by atoms with Gasteiger partial charge in [-0.05, 0) is 43.7 Å². The summed E-state index contributed by atoms with van der Waals surface area (Å²) in [5, 5.41) is 3.64. The second-order valence-corrected chi connectivity index (χ2v) is 6.58. The minimum Gasteiger partial charge on any atom is -0.322 e. The largest absolute Gasteiger partial charge is 0.322 e. The van der Waals surface area contributed by atoms with Crippen molar-refractivity contribution < 1.29 is 4.79 Å². The van der Waals surface area contributed by atoms with Crippen molar-refractivity contribution in [1.82, 2.24) is 10.2 Å². The first-order valence-electron chi connectivity index (χ1n) is 7.43. The van der Waals surface area contributed by atoms with Crippen LogP contribution in [0, 0.1) is 0 Å². The summed E-state index contributed by atoms with van der Waals surface area (Å²) in [6.07, 6.45) is 6.42. The van der Waals surface area contributed by atoms with Gasteiger partial charge in [0, 0.05) is 11.4 Å². The molecule has 1 aliphatic heterocycles. The van der Waals surface area contributed by atoms with E-state index >= 15 is 0 Å². The van der Waals surface area contributed by atoms with Gasteiger partial charge in [-0.1, -0.05) is 25.0 Å². The molecule has 0 aromatic heterocycles.